The smallest absolute Gasteiger partial charge is 0.377 e. The molecule has 0 N–H and O–H groups in total. The molecule has 1 saturated heterocycles. The number of amides is 1. The molecule has 1 amide bonds. The fourth-order valence-electron chi connectivity index (χ4n) is 2.45. The Balaban J connectivity index is 2.07. The lowest BCUT2D eigenvalue weighted by Crippen LogP contribution is -2.60. The number of fused-ring (bicyclic) bond motifs is 3. The summed E-state index contributed by atoms with van der Waals surface area (Å²) in [5.74, 6) is -0.447. The van der Waals surface area contributed by atoms with Crippen LogP contribution >= 0.6 is 11.6 Å². The maximum Gasteiger partial charge on any atom is 0.406 e. The molecule has 6 nitrogen and oxygen atoms in total. The van der Waals surface area contributed by atoms with E-state index >= 15 is 0 Å². The third-order valence-corrected chi connectivity index (χ3v) is 3.48. The predicted octanol–water partition coefficient (Wildman–Crippen LogP) is 1.24. The van der Waals surface area contributed by atoms with Crippen LogP contribution in [0.1, 0.15) is 0 Å². The molecule has 21 heavy (non-hydrogen) atoms. The van der Waals surface area contributed by atoms with E-state index in [1.807, 2.05) is 0 Å². The monoisotopic (exact) mass is 322 g/mol. The lowest BCUT2D eigenvalue weighted by atomic mass is 10.1. The van der Waals surface area contributed by atoms with Gasteiger partial charge in [-0.2, -0.15) is 18.2 Å². The van der Waals surface area contributed by atoms with Crippen molar-refractivity contribution < 1.29 is 22.7 Å². The molecule has 1 aromatic rings. The van der Waals surface area contributed by atoms with E-state index in [1.165, 1.54) is 0 Å². The van der Waals surface area contributed by atoms with E-state index in [2.05, 4.69) is 9.97 Å². The molecule has 114 valence electrons. The number of aromatic nitrogens is 2. The molecule has 1 unspecified atom stereocenters. The van der Waals surface area contributed by atoms with Crippen molar-refractivity contribution in [2.45, 2.75) is 12.2 Å². The van der Waals surface area contributed by atoms with E-state index in [-0.39, 0.29) is 23.4 Å². The van der Waals surface area contributed by atoms with E-state index in [1.54, 1.807) is 4.90 Å². The van der Waals surface area contributed by atoms with Gasteiger partial charge in [0, 0.05) is 6.54 Å². The van der Waals surface area contributed by atoms with Gasteiger partial charge in [0.2, 0.25) is 5.28 Å². The third-order valence-electron chi connectivity index (χ3n) is 3.30. The van der Waals surface area contributed by atoms with Gasteiger partial charge in [-0.1, -0.05) is 0 Å². The number of nitrogens with zero attached hydrogens (tertiary/aromatic N) is 4. The van der Waals surface area contributed by atoms with E-state index in [0.29, 0.717) is 18.1 Å². The Bertz CT molecular complexity index is 583. The Kier molecular flexibility index (Phi) is 3.40. The first-order valence-corrected chi connectivity index (χ1v) is 6.50. The summed E-state index contributed by atoms with van der Waals surface area (Å²) in [6, 6.07) is -0.820. The summed E-state index contributed by atoms with van der Waals surface area (Å²) in [4.78, 5) is 22.2. The Morgan fingerprint density at radius 1 is 1.48 bits per heavy atom. The van der Waals surface area contributed by atoms with Crippen LogP contribution in [-0.2, 0) is 9.53 Å². The minimum atomic E-state index is -4.52. The van der Waals surface area contributed by atoms with Gasteiger partial charge in [0.25, 0.3) is 5.91 Å². The third kappa shape index (κ3) is 2.62. The summed E-state index contributed by atoms with van der Waals surface area (Å²) in [6.45, 7) is -0.650. The zero-order chi connectivity index (χ0) is 15.2. The average Bonchev–Trinajstić information content (AvgIpc) is 2.42. The summed E-state index contributed by atoms with van der Waals surface area (Å²) >= 11 is 5.72. The topological polar surface area (TPSA) is 58.6 Å². The molecule has 0 aliphatic carbocycles. The highest BCUT2D eigenvalue weighted by atomic mass is 35.5. The van der Waals surface area contributed by atoms with Crippen molar-refractivity contribution in [3.8, 4) is 0 Å². The number of rotatable bonds is 1. The van der Waals surface area contributed by atoms with Crippen LogP contribution in [0.4, 0.5) is 24.7 Å². The van der Waals surface area contributed by atoms with Crippen molar-refractivity contribution in [3.05, 3.63) is 11.5 Å². The second-order valence-electron chi connectivity index (χ2n) is 4.67. The molecular formula is C11H10ClF3N4O2. The van der Waals surface area contributed by atoms with Crippen LogP contribution < -0.4 is 9.80 Å². The van der Waals surface area contributed by atoms with Crippen LogP contribution in [0.3, 0.4) is 0 Å². The van der Waals surface area contributed by atoms with Crippen molar-refractivity contribution in [1.82, 2.24) is 9.97 Å². The standard InChI is InChI=1S/C11H10ClF3N4O2/c12-10-16-3-6-8(17-10)18-1-2-21-4-7(18)9(20)19(6)5-11(13,14)15/h3,7H,1-2,4-5H2. The average molecular weight is 323 g/mol. The van der Waals surface area contributed by atoms with Crippen LogP contribution in [0.25, 0.3) is 0 Å². The minimum Gasteiger partial charge on any atom is -0.377 e. The first-order chi connectivity index (χ1) is 9.87. The maximum atomic E-state index is 12.7. The zero-order valence-corrected chi connectivity index (χ0v) is 11.4. The van der Waals surface area contributed by atoms with Gasteiger partial charge in [-0.15, -0.1) is 0 Å². The predicted molar refractivity (Wildman–Crippen MR) is 67.4 cm³/mol. The van der Waals surface area contributed by atoms with Gasteiger partial charge in [0.05, 0.1) is 19.4 Å². The SMILES string of the molecule is O=C1C2COCCN2c2nc(Cl)ncc2N1CC(F)(F)F. The van der Waals surface area contributed by atoms with Gasteiger partial charge in [-0.25, -0.2) is 4.98 Å². The summed E-state index contributed by atoms with van der Waals surface area (Å²) in [6.07, 6.45) is -3.38. The van der Waals surface area contributed by atoms with Crippen LogP contribution in [0.15, 0.2) is 6.20 Å². The highest BCUT2D eigenvalue weighted by Gasteiger charge is 2.45. The summed E-state index contributed by atoms with van der Waals surface area (Å²) in [5.41, 5.74) is 0.0138. The molecule has 3 rings (SSSR count). The number of anilines is 2. The van der Waals surface area contributed by atoms with Crippen molar-refractivity contribution >= 4 is 29.0 Å². The lowest BCUT2D eigenvalue weighted by Gasteiger charge is -2.43. The molecule has 0 spiro atoms. The van der Waals surface area contributed by atoms with Gasteiger partial charge in [0.15, 0.2) is 5.82 Å². The van der Waals surface area contributed by atoms with Crippen molar-refractivity contribution in [3.63, 3.8) is 0 Å². The van der Waals surface area contributed by atoms with Crippen molar-refractivity contribution in [2.75, 3.05) is 36.1 Å². The largest absolute Gasteiger partial charge is 0.406 e. The Morgan fingerprint density at radius 3 is 2.95 bits per heavy atom. The highest BCUT2D eigenvalue weighted by molar-refractivity contribution is 6.28. The van der Waals surface area contributed by atoms with Crippen LogP contribution in [0.5, 0.6) is 0 Å². The van der Waals surface area contributed by atoms with Crippen molar-refractivity contribution in [1.29, 1.82) is 0 Å². The number of carbonyl (C=O) groups is 1. The van der Waals surface area contributed by atoms with Gasteiger partial charge in [-0.05, 0) is 11.6 Å². The number of hydrogen-bond acceptors (Lipinski definition) is 5. The van der Waals surface area contributed by atoms with E-state index in [9.17, 15) is 18.0 Å². The second-order valence-corrected chi connectivity index (χ2v) is 5.01. The second kappa shape index (κ2) is 4.99. The van der Waals surface area contributed by atoms with Gasteiger partial charge >= 0.3 is 6.18 Å². The zero-order valence-electron chi connectivity index (χ0n) is 10.6. The molecule has 2 aliphatic rings. The molecule has 0 aromatic carbocycles. The fraction of sp³-hybridized carbons (Fsp3) is 0.545. The fourth-order valence-corrected chi connectivity index (χ4v) is 2.58. The molecule has 0 radical (unpaired) electrons. The van der Waals surface area contributed by atoms with Crippen LogP contribution in [-0.4, -0.2) is 54.4 Å². The molecule has 0 saturated carbocycles. The van der Waals surface area contributed by atoms with E-state index in [0.717, 1.165) is 6.20 Å². The van der Waals surface area contributed by atoms with Crippen LogP contribution in [0, 0.1) is 0 Å². The summed E-state index contributed by atoms with van der Waals surface area (Å²) in [5, 5.41) is -0.0831. The van der Waals surface area contributed by atoms with Gasteiger partial charge < -0.3 is 9.64 Å². The number of morpholine rings is 1. The molecule has 2 aliphatic heterocycles. The maximum absolute atomic E-state index is 12.7. The van der Waals surface area contributed by atoms with Crippen LogP contribution in [0.2, 0.25) is 5.28 Å². The molecule has 3 heterocycles. The van der Waals surface area contributed by atoms with Crippen molar-refractivity contribution in [2.24, 2.45) is 0 Å². The Labute approximate surface area is 122 Å². The lowest BCUT2D eigenvalue weighted by molar-refractivity contribution is -0.135. The molecular weight excluding hydrogens is 313 g/mol. The number of alkyl halides is 3. The van der Waals surface area contributed by atoms with E-state index < -0.39 is 24.7 Å². The van der Waals surface area contributed by atoms with Gasteiger partial charge in [-0.3, -0.25) is 9.69 Å². The normalized spacial score (nSPS) is 22.1. The van der Waals surface area contributed by atoms with E-state index in [4.69, 9.17) is 16.3 Å². The summed E-state index contributed by atoms with van der Waals surface area (Å²) in [7, 11) is 0. The quantitative estimate of drug-likeness (QED) is 0.728. The minimum absolute atomic E-state index is 0.0138. The molecule has 10 heteroatoms. The Hall–Kier alpha value is -1.61. The number of carbonyl (C=O) groups excluding carboxylic acids is 1. The number of ether oxygens (including phenoxy) is 1. The first kappa shape index (κ1) is 14.3. The molecule has 1 atom stereocenters. The molecule has 1 fully saturated rings. The number of hydrogen-bond donors (Lipinski definition) is 0. The number of halogens is 4. The molecule has 0 bridgehead atoms. The Morgan fingerprint density at radius 2 is 2.24 bits per heavy atom. The first-order valence-electron chi connectivity index (χ1n) is 6.12. The highest BCUT2D eigenvalue weighted by Crippen LogP contribution is 2.37. The van der Waals surface area contributed by atoms with Gasteiger partial charge in [0.1, 0.15) is 18.3 Å². The summed E-state index contributed by atoms with van der Waals surface area (Å²) < 4.78 is 43.3. The molecule has 1 aromatic heterocycles.